The zero-order chi connectivity index (χ0) is 14.5. The molecule has 8 heteroatoms. The summed E-state index contributed by atoms with van der Waals surface area (Å²) in [5, 5.41) is 14.2. The van der Waals surface area contributed by atoms with Gasteiger partial charge in [0.25, 0.3) is 5.69 Å². The third kappa shape index (κ3) is 4.30. The second kappa shape index (κ2) is 7.80. The number of hydrogen-bond acceptors (Lipinski definition) is 5. The normalized spacial score (nSPS) is 14.2. The standard InChI is InChI=1S/C13H18N4O3.ClH/c1-15(10-13(18)16-8-6-14-7-9-16)11-4-2-3-5-12(11)17(19)20;/h2-5,14H,6-10H2,1H3;1H. The zero-order valence-electron chi connectivity index (χ0n) is 11.8. The summed E-state index contributed by atoms with van der Waals surface area (Å²) in [5.74, 6) is -0.00727. The number of hydrogen-bond donors (Lipinski definition) is 1. The maximum Gasteiger partial charge on any atom is 0.292 e. The Balaban J connectivity index is 0.00000220. The van der Waals surface area contributed by atoms with E-state index in [0.29, 0.717) is 18.8 Å². The lowest BCUT2D eigenvalue weighted by Gasteiger charge is -2.29. The molecule has 1 heterocycles. The maximum atomic E-state index is 12.1. The largest absolute Gasteiger partial charge is 0.360 e. The van der Waals surface area contributed by atoms with Crippen molar-refractivity contribution in [3.63, 3.8) is 0 Å². The molecule has 116 valence electrons. The highest BCUT2D eigenvalue weighted by Gasteiger charge is 2.21. The van der Waals surface area contributed by atoms with Crippen molar-refractivity contribution < 1.29 is 9.72 Å². The number of nitrogens with zero attached hydrogens (tertiary/aromatic N) is 3. The number of anilines is 1. The predicted molar refractivity (Wildman–Crippen MR) is 83.1 cm³/mol. The summed E-state index contributed by atoms with van der Waals surface area (Å²) >= 11 is 0. The predicted octanol–water partition coefficient (Wildman–Crippen LogP) is 0.885. The van der Waals surface area contributed by atoms with Gasteiger partial charge in [-0.05, 0) is 6.07 Å². The van der Waals surface area contributed by atoms with Gasteiger partial charge in [0.1, 0.15) is 5.69 Å². The molecule has 0 radical (unpaired) electrons. The van der Waals surface area contributed by atoms with Crippen molar-refractivity contribution in [3.8, 4) is 0 Å². The van der Waals surface area contributed by atoms with Gasteiger partial charge in [0, 0.05) is 39.3 Å². The molecule has 0 aromatic heterocycles. The molecule has 0 spiro atoms. The Kier molecular flexibility index (Phi) is 6.39. The number of nitro groups is 1. The number of para-hydroxylation sites is 2. The number of amides is 1. The minimum atomic E-state index is -0.429. The molecule has 1 amide bonds. The third-order valence-electron chi connectivity index (χ3n) is 3.33. The molecule has 0 aliphatic carbocycles. The molecule has 1 aromatic carbocycles. The third-order valence-corrected chi connectivity index (χ3v) is 3.33. The molecule has 1 aromatic rings. The number of nitro benzene ring substituents is 1. The van der Waals surface area contributed by atoms with Crippen molar-refractivity contribution in [2.24, 2.45) is 0 Å². The Morgan fingerprint density at radius 1 is 1.38 bits per heavy atom. The van der Waals surface area contributed by atoms with Crippen molar-refractivity contribution in [1.82, 2.24) is 10.2 Å². The van der Waals surface area contributed by atoms with Gasteiger partial charge < -0.3 is 15.1 Å². The Labute approximate surface area is 129 Å². The van der Waals surface area contributed by atoms with E-state index >= 15 is 0 Å². The minimum absolute atomic E-state index is 0. The van der Waals surface area contributed by atoms with E-state index in [-0.39, 0.29) is 30.5 Å². The fourth-order valence-corrected chi connectivity index (χ4v) is 2.24. The molecular weight excluding hydrogens is 296 g/mol. The first-order chi connectivity index (χ1) is 9.59. The smallest absolute Gasteiger partial charge is 0.292 e. The van der Waals surface area contributed by atoms with Gasteiger partial charge in [-0.2, -0.15) is 0 Å². The fourth-order valence-electron chi connectivity index (χ4n) is 2.24. The quantitative estimate of drug-likeness (QED) is 0.659. The number of carbonyl (C=O) groups excluding carboxylic acids is 1. The molecule has 1 aliphatic rings. The minimum Gasteiger partial charge on any atom is -0.360 e. The summed E-state index contributed by atoms with van der Waals surface area (Å²) in [7, 11) is 1.70. The first-order valence-corrected chi connectivity index (χ1v) is 6.52. The van der Waals surface area contributed by atoms with Crippen LogP contribution < -0.4 is 10.2 Å². The van der Waals surface area contributed by atoms with Crippen LogP contribution in [0.15, 0.2) is 24.3 Å². The summed E-state index contributed by atoms with van der Waals surface area (Å²) in [6.45, 7) is 3.10. The molecule has 1 fully saturated rings. The van der Waals surface area contributed by atoms with Gasteiger partial charge in [-0.25, -0.2) is 0 Å². The van der Waals surface area contributed by atoms with E-state index in [1.165, 1.54) is 6.07 Å². The van der Waals surface area contributed by atoms with E-state index in [1.807, 2.05) is 0 Å². The van der Waals surface area contributed by atoms with Gasteiger partial charge in [-0.3, -0.25) is 14.9 Å². The van der Waals surface area contributed by atoms with Gasteiger partial charge >= 0.3 is 0 Å². The van der Waals surface area contributed by atoms with Gasteiger partial charge in [0.15, 0.2) is 0 Å². The topological polar surface area (TPSA) is 78.7 Å². The highest BCUT2D eigenvalue weighted by molar-refractivity contribution is 5.85. The Morgan fingerprint density at radius 2 is 2.00 bits per heavy atom. The maximum absolute atomic E-state index is 12.1. The number of carbonyl (C=O) groups is 1. The van der Waals surface area contributed by atoms with Crippen molar-refractivity contribution in [1.29, 1.82) is 0 Å². The molecular formula is C13H19ClN4O3. The average Bonchev–Trinajstić information content (AvgIpc) is 2.48. The van der Waals surface area contributed by atoms with Crippen LogP contribution in [0.2, 0.25) is 0 Å². The molecule has 2 rings (SSSR count). The number of piperazine rings is 1. The lowest BCUT2D eigenvalue weighted by Crippen LogP contribution is -2.49. The van der Waals surface area contributed by atoms with Gasteiger partial charge in [-0.1, -0.05) is 12.1 Å². The fraction of sp³-hybridized carbons (Fsp3) is 0.462. The summed E-state index contributed by atoms with van der Waals surface area (Å²) in [4.78, 5) is 26.1. The number of nitrogens with one attached hydrogen (secondary N) is 1. The zero-order valence-corrected chi connectivity index (χ0v) is 12.6. The van der Waals surface area contributed by atoms with Crippen LogP contribution >= 0.6 is 12.4 Å². The van der Waals surface area contributed by atoms with Crippen molar-refractivity contribution in [2.75, 3.05) is 44.7 Å². The molecule has 1 N–H and O–H groups in total. The second-order valence-electron chi connectivity index (χ2n) is 4.73. The van der Waals surface area contributed by atoms with Crippen molar-refractivity contribution in [2.45, 2.75) is 0 Å². The number of benzene rings is 1. The van der Waals surface area contributed by atoms with Gasteiger partial charge in [0.05, 0.1) is 11.5 Å². The van der Waals surface area contributed by atoms with Crippen LogP contribution in [0.4, 0.5) is 11.4 Å². The highest BCUT2D eigenvalue weighted by atomic mass is 35.5. The highest BCUT2D eigenvalue weighted by Crippen LogP contribution is 2.26. The van der Waals surface area contributed by atoms with Crippen LogP contribution in [-0.4, -0.2) is 55.5 Å². The van der Waals surface area contributed by atoms with Gasteiger partial charge in [0.2, 0.25) is 5.91 Å². The lowest BCUT2D eigenvalue weighted by molar-refractivity contribution is -0.384. The Hall–Kier alpha value is -1.86. The van der Waals surface area contributed by atoms with Crippen LogP contribution in [0.5, 0.6) is 0 Å². The van der Waals surface area contributed by atoms with E-state index in [4.69, 9.17) is 0 Å². The van der Waals surface area contributed by atoms with E-state index in [0.717, 1.165) is 13.1 Å². The van der Waals surface area contributed by atoms with Crippen LogP contribution in [0, 0.1) is 10.1 Å². The number of rotatable bonds is 4. The molecule has 0 saturated carbocycles. The van der Waals surface area contributed by atoms with Gasteiger partial charge in [-0.15, -0.1) is 12.4 Å². The summed E-state index contributed by atoms with van der Waals surface area (Å²) in [5.41, 5.74) is 0.476. The molecule has 7 nitrogen and oxygen atoms in total. The monoisotopic (exact) mass is 314 g/mol. The lowest BCUT2D eigenvalue weighted by atomic mass is 10.2. The number of likely N-dealkylation sites (N-methyl/N-ethyl adjacent to an activating group) is 1. The Bertz CT molecular complexity index is 506. The van der Waals surface area contributed by atoms with E-state index in [2.05, 4.69) is 5.32 Å². The van der Waals surface area contributed by atoms with Crippen LogP contribution in [0.25, 0.3) is 0 Å². The molecule has 0 bridgehead atoms. The van der Waals surface area contributed by atoms with Crippen LogP contribution in [-0.2, 0) is 4.79 Å². The SMILES string of the molecule is CN(CC(=O)N1CCNCC1)c1ccccc1[N+](=O)[O-].Cl. The van der Waals surface area contributed by atoms with E-state index in [9.17, 15) is 14.9 Å². The van der Waals surface area contributed by atoms with E-state index in [1.54, 1.807) is 35.0 Å². The van der Waals surface area contributed by atoms with Crippen LogP contribution in [0.3, 0.4) is 0 Å². The van der Waals surface area contributed by atoms with Crippen molar-refractivity contribution in [3.05, 3.63) is 34.4 Å². The molecule has 1 saturated heterocycles. The summed E-state index contributed by atoms with van der Waals surface area (Å²) in [6, 6.07) is 6.45. The number of halogens is 1. The average molecular weight is 315 g/mol. The molecule has 0 unspecified atom stereocenters. The van der Waals surface area contributed by atoms with E-state index < -0.39 is 4.92 Å². The Morgan fingerprint density at radius 3 is 2.62 bits per heavy atom. The molecule has 0 atom stereocenters. The summed E-state index contributed by atoms with van der Waals surface area (Å²) < 4.78 is 0. The second-order valence-corrected chi connectivity index (χ2v) is 4.73. The van der Waals surface area contributed by atoms with Crippen LogP contribution in [0.1, 0.15) is 0 Å². The summed E-state index contributed by atoms with van der Waals surface area (Å²) in [6.07, 6.45) is 0. The van der Waals surface area contributed by atoms with Crippen molar-refractivity contribution >= 4 is 29.7 Å². The molecule has 1 aliphatic heterocycles. The molecule has 21 heavy (non-hydrogen) atoms. The first kappa shape index (κ1) is 17.2. The first-order valence-electron chi connectivity index (χ1n) is 6.52.